The van der Waals surface area contributed by atoms with E-state index >= 15 is 0 Å². The van der Waals surface area contributed by atoms with Gasteiger partial charge >= 0.3 is 6.09 Å². The maximum absolute atomic E-state index is 13.2. The molecule has 0 saturated carbocycles. The summed E-state index contributed by atoms with van der Waals surface area (Å²) in [6.45, 7) is 5.98. The van der Waals surface area contributed by atoms with E-state index in [1.165, 1.54) is 10.9 Å². The van der Waals surface area contributed by atoms with Gasteiger partial charge < -0.3 is 24.6 Å². The first-order valence-electron chi connectivity index (χ1n) is 14.6. The van der Waals surface area contributed by atoms with Crippen molar-refractivity contribution in [3.63, 3.8) is 0 Å². The standard InChI is InChI=1S/C34H34Cl2N6O2/c1-34(2,3)44-33(43)39-30(17-23-19-38-29-11-7-5-9-25(23)29)32-41-40-31(42(32)20-21-12-14-26(35)27(36)16-21)15-13-22-18-37-28-10-6-4-8-24(22)28/h4-12,14,16,18-19,30,37-38H,13,15,17,20H2,1-3H3,(H,39,43)/t30-/m1/s1. The van der Waals surface area contributed by atoms with Crippen molar-refractivity contribution in [2.75, 3.05) is 0 Å². The molecule has 10 heteroatoms. The van der Waals surface area contributed by atoms with Crippen LogP contribution < -0.4 is 5.32 Å². The minimum atomic E-state index is -0.659. The van der Waals surface area contributed by atoms with E-state index in [4.69, 9.17) is 33.0 Å². The molecule has 1 atom stereocenters. The van der Waals surface area contributed by atoms with Gasteiger partial charge in [-0.2, -0.15) is 0 Å². The summed E-state index contributed by atoms with van der Waals surface area (Å²) in [5.74, 6) is 1.42. The molecule has 0 spiro atoms. The van der Waals surface area contributed by atoms with Gasteiger partial charge in [0.1, 0.15) is 11.4 Å². The number of amides is 1. The highest BCUT2D eigenvalue weighted by Gasteiger charge is 2.27. The largest absolute Gasteiger partial charge is 0.444 e. The van der Waals surface area contributed by atoms with E-state index in [0.29, 0.717) is 35.3 Å². The van der Waals surface area contributed by atoms with Crippen LogP contribution in [-0.4, -0.2) is 36.4 Å². The lowest BCUT2D eigenvalue weighted by molar-refractivity contribution is 0.0500. The predicted molar refractivity (Wildman–Crippen MR) is 175 cm³/mol. The van der Waals surface area contributed by atoms with E-state index in [0.717, 1.165) is 39.8 Å². The Balaban J connectivity index is 1.38. The third-order valence-electron chi connectivity index (χ3n) is 7.58. The molecule has 0 aliphatic heterocycles. The maximum atomic E-state index is 13.2. The van der Waals surface area contributed by atoms with Crippen molar-refractivity contribution in [3.05, 3.63) is 118 Å². The second kappa shape index (κ2) is 12.4. The number of aromatic nitrogens is 5. The molecule has 0 bridgehead atoms. The number of hydrogen-bond acceptors (Lipinski definition) is 4. The lowest BCUT2D eigenvalue weighted by atomic mass is 10.0. The van der Waals surface area contributed by atoms with Crippen LogP contribution in [0.1, 0.15) is 55.2 Å². The molecule has 3 N–H and O–H groups in total. The van der Waals surface area contributed by atoms with Crippen LogP contribution in [0.3, 0.4) is 0 Å². The van der Waals surface area contributed by atoms with E-state index in [2.05, 4.69) is 49.3 Å². The summed E-state index contributed by atoms with van der Waals surface area (Å²) in [7, 11) is 0. The third kappa shape index (κ3) is 6.61. The first-order valence-corrected chi connectivity index (χ1v) is 15.4. The molecule has 0 radical (unpaired) electrons. The highest BCUT2D eigenvalue weighted by molar-refractivity contribution is 6.42. The number of benzene rings is 3. The first kappa shape index (κ1) is 29.8. The number of halogens is 2. The van der Waals surface area contributed by atoms with Crippen LogP contribution in [0.5, 0.6) is 0 Å². The molecule has 226 valence electrons. The summed E-state index contributed by atoms with van der Waals surface area (Å²) in [4.78, 5) is 19.9. The fourth-order valence-electron chi connectivity index (χ4n) is 5.55. The van der Waals surface area contributed by atoms with Gasteiger partial charge in [0.05, 0.1) is 22.6 Å². The van der Waals surface area contributed by atoms with Crippen LogP contribution >= 0.6 is 23.2 Å². The van der Waals surface area contributed by atoms with Crippen molar-refractivity contribution in [2.45, 2.75) is 58.2 Å². The number of H-pyrrole nitrogens is 2. The normalized spacial score (nSPS) is 12.6. The second-order valence-electron chi connectivity index (χ2n) is 11.9. The number of fused-ring (bicyclic) bond motifs is 2. The average molecular weight is 630 g/mol. The molecular formula is C34H34Cl2N6O2. The number of carbonyl (C=O) groups is 1. The Morgan fingerprint density at radius 3 is 2.23 bits per heavy atom. The van der Waals surface area contributed by atoms with Gasteiger partial charge in [0.2, 0.25) is 0 Å². The zero-order chi connectivity index (χ0) is 30.8. The van der Waals surface area contributed by atoms with Gasteiger partial charge in [-0.1, -0.05) is 65.7 Å². The average Bonchev–Trinajstić information content (AvgIpc) is 3.70. The topological polar surface area (TPSA) is 101 Å². The van der Waals surface area contributed by atoms with Crippen LogP contribution in [0, 0.1) is 0 Å². The molecule has 0 aliphatic carbocycles. The molecule has 0 unspecified atom stereocenters. The molecule has 0 fully saturated rings. The Hall–Kier alpha value is -4.27. The minimum absolute atomic E-state index is 0.447. The molecule has 1 amide bonds. The monoisotopic (exact) mass is 628 g/mol. The van der Waals surface area contributed by atoms with Crippen molar-refractivity contribution >= 4 is 51.1 Å². The summed E-state index contributed by atoms with van der Waals surface area (Å²) in [6.07, 6.45) is 5.39. The molecule has 44 heavy (non-hydrogen) atoms. The predicted octanol–water partition coefficient (Wildman–Crippen LogP) is 8.19. The number of nitrogens with one attached hydrogen (secondary N) is 3. The highest BCUT2D eigenvalue weighted by Crippen LogP contribution is 2.28. The number of aryl methyl sites for hydroxylation is 2. The number of hydrogen-bond donors (Lipinski definition) is 3. The number of aromatic amines is 2. The molecule has 6 aromatic rings. The van der Waals surface area contributed by atoms with Crippen LogP contribution in [-0.2, 0) is 30.5 Å². The van der Waals surface area contributed by atoms with Crippen LogP contribution in [0.15, 0.2) is 79.1 Å². The Labute approximate surface area is 265 Å². The fourth-order valence-corrected chi connectivity index (χ4v) is 5.87. The zero-order valence-corrected chi connectivity index (χ0v) is 26.3. The second-order valence-corrected chi connectivity index (χ2v) is 12.7. The van der Waals surface area contributed by atoms with Crippen molar-refractivity contribution < 1.29 is 9.53 Å². The van der Waals surface area contributed by atoms with E-state index < -0.39 is 17.7 Å². The molecular weight excluding hydrogens is 595 g/mol. The summed E-state index contributed by atoms with van der Waals surface area (Å²) in [5.41, 5.74) is 4.65. The van der Waals surface area contributed by atoms with Crippen LogP contribution in [0.2, 0.25) is 10.0 Å². The Morgan fingerprint density at radius 1 is 0.886 bits per heavy atom. The van der Waals surface area contributed by atoms with Crippen molar-refractivity contribution in [1.82, 2.24) is 30.0 Å². The van der Waals surface area contributed by atoms with Gasteiger partial charge in [0.25, 0.3) is 0 Å². The van der Waals surface area contributed by atoms with Gasteiger partial charge in [0, 0.05) is 47.0 Å². The lowest BCUT2D eigenvalue weighted by Crippen LogP contribution is -2.37. The third-order valence-corrected chi connectivity index (χ3v) is 8.31. The van der Waals surface area contributed by atoms with Crippen LogP contribution in [0.25, 0.3) is 21.8 Å². The summed E-state index contributed by atoms with van der Waals surface area (Å²) < 4.78 is 7.75. The van der Waals surface area contributed by atoms with Gasteiger partial charge in [-0.3, -0.25) is 0 Å². The van der Waals surface area contributed by atoms with E-state index in [1.54, 1.807) is 6.07 Å². The van der Waals surface area contributed by atoms with Crippen molar-refractivity contribution in [2.24, 2.45) is 0 Å². The Bertz CT molecular complexity index is 1930. The molecule has 3 aromatic carbocycles. The lowest BCUT2D eigenvalue weighted by Gasteiger charge is -2.24. The quantitative estimate of drug-likeness (QED) is 0.150. The van der Waals surface area contributed by atoms with E-state index in [9.17, 15) is 4.79 Å². The molecule has 3 aromatic heterocycles. The molecule has 0 aliphatic rings. The van der Waals surface area contributed by atoms with Crippen LogP contribution in [0.4, 0.5) is 4.79 Å². The number of alkyl carbamates (subject to hydrolysis) is 1. The smallest absolute Gasteiger partial charge is 0.408 e. The van der Waals surface area contributed by atoms with Gasteiger partial charge in [0.15, 0.2) is 5.82 Å². The number of ether oxygens (including phenoxy) is 1. The molecule has 6 rings (SSSR count). The van der Waals surface area contributed by atoms with E-state index in [-0.39, 0.29) is 0 Å². The summed E-state index contributed by atoms with van der Waals surface area (Å²) in [6, 6.07) is 21.4. The van der Waals surface area contributed by atoms with Gasteiger partial charge in [-0.25, -0.2) is 4.79 Å². The SMILES string of the molecule is CC(C)(C)OC(=O)N[C@H](Cc1c[nH]c2ccccc12)c1nnc(CCc2c[nH]c3ccccc23)n1Cc1ccc(Cl)c(Cl)c1. The van der Waals surface area contributed by atoms with Gasteiger partial charge in [-0.15, -0.1) is 10.2 Å². The fraction of sp³-hybridized carbons (Fsp3) is 0.265. The minimum Gasteiger partial charge on any atom is -0.444 e. The summed E-state index contributed by atoms with van der Waals surface area (Å²) in [5, 5.41) is 15.7. The van der Waals surface area contributed by atoms with Crippen molar-refractivity contribution in [1.29, 1.82) is 0 Å². The number of carbonyl (C=O) groups excluding carboxylic acids is 1. The number of nitrogens with zero attached hydrogens (tertiary/aromatic N) is 3. The number of para-hydroxylation sites is 2. The zero-order valence-electron chi connectivity index (χ0n) is 24.8. The number of rotatable bonds is 9. The van der Waals surface area contributed by atoms with Gasteiger partial charge in [-0.05, 0) is 68.1 Å². The maximum Gasteiger partial charge on any atom is 0.408 e. The Kier molecular flexibility index (Phi) is 8.38. The van der Waals surface area contributed by atoms with E-state index in [1.807, 2.05) is 69.4 Å². The Morgan fingerprint density at radius 2 is 1.55 bits per heavy atom. The molecule has 3 heterocycles. The molecule has 0 saturated heterocycles. The summed E-state index contributed by atoms with van der Waals surface area (Å²) >= 11 is 12.6. The molecule has 8 nitrogen and oxygen atoms in total. The first-order chi connectivity index (χ1) is 21.1. The van der Waals surface area contributed by atoms with Crippen molar-refractivity contribution in [3.8, 4) is 0 Å². The highest BCUT2D eigenvalue weighted by atomic mass is 35.5.